The molecule has 0 radical (unpaired) electrons. The molecule has 0 spiro atoms. The summed E-state index contributed by atoms with van der Waals surface area (Å²) in [4.78, 5) is 24.9. The van der Waals surface area contributed by atoms with E-state index < -0.39 is 11.0 Å². The number of nitrogens with zero attached hydrogens (tertiary/aromatic N) is 2. The van der Waals surface area contributed by atoms with Crippen LogP contribution in [0.5, 0.6) is 17.2 Å². The van der Waals surface area contributed by atoms with E-state index in [-0.39, 0.29) is 29.0 Å². The zero-order valence-corrected chi connectivity index (χ0v) is 14.8. The van der Waals surface area contributed by atoms with Gasteiger partial charge >= 0.3 is 11.8 Å². The van der Waals surface area contributed by atoms with Crippen molar-refractivity contribution in [1.29, 1.82) is 0 Å². The molecular weight excluding hydrogens is 328 g/mol. The third-order valence-corrected chi connectivity index (χ3v) is 4.45. The molecule has 0 bridgehead atoms. The molecule has 0 N–H and O–H groups in total. The number of carbonyl (C=O) groups excluding carboxylic acids is 1. The van der Waals surface area contributed by atoms with Crippen LogP contribution < -0.4 is 14.2 Å². The molecule has 1 aromatic rings. The van der Waals surface area contributed by atoms with E-state index in [2.05, 4.69) is 0 Å². The SMILES string of the molecule is CCN(C(=O)Oc1cc(OC)c(OC)cc1[N+](=O)[O-])C1CCCCC1. The van der Waals surface area contributed by atoms with E-state index in [1.165, 1.54) is 32.8 Å². The Morgan fingerprint density at radius 1 is 1.16 bits per heavy atom. The Labute approximate surface area is 146 Å². The highest BCUT2D eigenvalue weighted by molar-refractivity contribution is 5.73. The number of hydrogen-bond donors (Lipinski definition) is 0. The first-order valence-electron chi connectivity index (χ1n) is 8.40. The van der Waals surface area contributed by atoms with E-state index in [0.717, 1.165) is 25.7 Å². The predicted molar refractivity (Wildman–Crippen MR) is 91.5 cm³/mol. The third kappa shape index (κ3) is 4.32. The summed E-state index contributed by atoms with van der Waals surface area (Å²) >= 11 is 0. The Hall–Kier alpha value is -2.51. The highest BCUT2D eigenvalue weighted by Gasteiger charge is 2.29. The smallest absolute Gasteiger partial charge is 0.415 e. The van der Waals surface area contributed by atoms with Gasteiger partial charge in [-0.15, -0.1) is 0 Å². The molecule has 1 saturated carbocycles. The van der Waals surface area contributed by atoms with E-state index in [1.54, 1.807) is 4.90 Å². The second-order valence-electron chi connectivity index (χ2n) is 5.88. The Kier molecular flexibility index (Phi) is 6.44. The summed E-state index contributed by atoms with van der Waals surface area (Å²) in [6.07, 6.45) is 4.60. The van der Waals surface area contributed by atoms with Crippen LogP contribution in [-0.4, -0.2) is 42.7 Å². The summed E-state index contributed by atoms with van der Waals surface area (Å²) in [5.74, 6) is 0.312. The number of carbonyl (C=O) groups is 1. The first-order valence-corrected chi connectivity index (χ1v) is 8.40. The van der Waals surface area contributed by atoms with Crippen molar-refractivity contribution in [3.8, 4) is 17.2 Å². The molecule has 8 nitrogen and oxygen atoms in total. The van der Waals surface area contributed by atoms with E-state index in [4.69, 9.17) is 14.2 Å². The fraction of sp³-hybridized carbons (Fsp3) is 0.588. The number of rotatable bonds is 6. The molecule has 0 aliphatic heterocycles. The molecule has 1 aliphatic rings. The van der Waals surface area contributed by atoms with Gasteiger partial charge in [0.2, 0.25) is 5.75 Å². The first kappa shape index (κ1) is 18.8. The topological polar surface area (TPSA) is 91.1 Å². The van der Waals surface area contributed by atoms with Gasteiger partial charge < -0.3 is 19.1 Å². The van der Waals surface area contributed by atoms with Crippen LogP contribution in [0.25, 0.3) is 0 Å². The van der Waals surface area contributed by atoms with Crippen molar-refractivity contribution < 1.29 is 23.9 Å². The lowest BCUT2D eigenvalue weighted by Crippen LogP contribution is -2.42. The minimum absolute atomic E-state index is 0.116. The lowest BCUT2D eigenvalue weighted by atomic mass is 9.94. The maximum absolute atomic E-state index is 12.6. The van der Waals surface area contributed by atoms with Gasteiger partial charge in [0.15, 0.2) is 11.5 Å². The first-order chi connectivity index (χ1) is 12.0. The van der Waals surface area contributed by atoms with Crippen molar-refractivity contribution in [1.82, 2.24) is 4.90 Å². The number of methoxy groups -OCH3 is 2. The Bertz CT molecular complexity index is 628. The van der Waals surface area contributed by atoms with Gasteiger partial charge in [-0.25, -0.2) is 4.79 Å². The molecule has 0 unspecified atom stereocenters. The van der Waals surface area contributed by atoms with Crippen molar-refractivity contribution in [3.05, 3.63) is 22.2 Å². The van der Waals surface area contributed by atoms with Crippen LogP contribution in [0.15, 0.2) is 12.1 Å². The zero-order valence-electron chi connectivity index (χ0n) is 14.8. The van der Waals surface area contributed by atoms with Crippen LogP contribution in [-0.2, 0) is 0 Å². The lowest BCUT2D eigenvalue weighted by molar-refractivity contribution is -0.385. The van der Waals surface area contributed by atoms with E-state index in [9.17, 15) is 14.9 Å². The van der Waals surface area contributed by atoms with Crippen molar-refractivity contribution in [2.45, 2.75) is 45.1 Å². The second-order valence-corrected chi connectivity index (χ2v) is 5.88. The van der Waals surface area contributed by atoms with Gasteiger partial charge in [-0.3, -0.25) is 10.1 Å². The molecule has 0 saturated heterocycles. The normalized spacial score (nSPS) is 14.7. The van der Waals surface area contributed by atoms with Gasteiger partial charge in [0.25, 0.3) is 0 Å². The Morgan fingerprint density at radius 2 is 1.76 bits per heavy atom. The quantitative estimate of drug-likeness (QED) is 0.572. The maximum atomic E-state index is 12.6. The molecule has 8 heteroatoms. The van der Waals surface area contributed by atoms with Crippen molar-refractivity contribution >= 4 is 11.8 Å². The number of hydrogen-bond acceptors (Lipinski definition) is 6. The summed E-state index contributed by atoms with van der Waals surface area (Å²) in [6.45, 7) is 2.36. The van der Waals surface area contributed by atoms with Crippen LogP contribution in [0, 0.1) is 10.1 Å². The van der Waals surface area contributed by atoms with Gasteiger partial charge in [0, 0.05) is 18.7 Å². The molecule has 0 heterocycles. The molecule has 0 aromatic heterocycles. The highest BCUT2D eigenvalue weighted by Crippen LogP contribution is 2.39. The van der Waals surface area contributed by atoms with E-state index in [1.807, 2.05) is 6.92 Å². The number of nitro groups is 1. The molecule has 2 rings (SSSR count). The largest absolute Gasteiger partial charge is 0.493 e. The van der Waals surface area contributed by atoms with E-state index in [0.29, 0.717) is 6.54 Å². The average Bonchev–Trinajstić information content (AvgIpc) is 2.62. The predicted octanol–water partition coefficient (Wildman–Crippen LogP) is 3.77. The van der Waals surface area contributed by atoms with Gasteiger partial charge in [0.05, 0.1) is 25.2 Å². The van der Waals surface area contributed by atoms with Gasteiger partial charge in [-0.2, -0.15) is 0 Å². The summed E-state index contributed by atoms with van der Waals surface area (Å²) < 4.78 is 15.6. The Morgan fingerprint density at radius 3 is 2.28 bits per heavy atom. The van der Waals surface area contributed by atoms with Gasteiger partial charge in [-0.1, -0.05) is 19.3 Å². The summed E-state index contributed by atoms with van der Waals surface area (Å²) in [6, 6.07) is 2.62. The van der Waals surface area contributed by atoms with Crippen LogP contribution in [0.3, 0.4) is 0 Å². The number of ether oxygens (including phenoxy) is 3. The molecule has 0 atom stereocenters. The lowest BCUT2D eigenvalue weighted by Gasteiger charge is -2.32. The molecule has 1 aromatic carbocycles. The molecule has 1 amide bonds. The third-order valence-electron chi connectivity index (χ3n) is 4.45. The Balaban J connectivity index is 2.27. The van der Waals surface area contributed by atoms with Crippen molar-refractivity contribution in [2.24, 2.45) is 0 Å². The zero-order chi connectivity index (χ0) is 18.4. The maximum Gasteiger partial charge on any atom is 0.415 e. The molecular formula is C17H24N2O6. The van der Waals surface area contributed by atoms with E-state index >= 15 is 0 Å². The van der Waals surface area contributed by atoms with Crippen LogP contribution in [0.2, 0.25) is 0 Å². The minimum Gasteiger partial charge on any atom is -0.493 e. The molecule has 138 valence electrons. The van der Waals surface area contributed by atoms with Gasteiger partial charge in [0.1, 0.15) is 0 Å². The van der Waals surface area contributed by atoms with Gasteiger partial charge in [-0.05, 0) is 19.8 Å². The van der Waals surface area contributed by atoms with Crippen molar-refractivity contribution in [2.75, 3.05) is 20.8 Å². The molecule has 1 aliphatic carbocycles. The minimum atomic E-state index is -0.610. The monoisotopic (exact) mass is 352 g/mol. The average molecular weight is 352 g/mol. The molecule has 1 fully saturated rings. The van der Waals surface area contributed by atoms with Crippen LogP contribution >= 0.6 is 0 Å². The highest BCUT2D eigenvalue weighted by atomic mass is 16.6. The van der Waals surface area contributed by atoms with Crippen LogP contribution in [0.4, 0.5) is 10.5 Å². The van der Waals surface area contributed by atoms with Crippen LogP contribution in [0.1, 0.15) is 39.0 Å². The molecule has 25 heavy (non-hydrogen) atoms. The van der Waals surface area contributed by atoms with Crippen molar-refractivity contribution in [3.63, 3.8) is 0 Å². The summed E-state index contributed by atoms with van der Waals surface area (Å²) in [7, 11) is 2.80. The summed E-state index contributed by atoms with van der Waals surface area (Å²) in [5.41, 5.74) is -0.342. The summed E-state index contributed by atoms with van der Waals surface area (Å²) in [5, 5.41) is 11.3. The second kappa shape index (κ2) is 8.55. The standard InChI is InChI=1S/C17H24N2O6/c1-4-18(12-8-6-5-7-9-12)17(20)25-14-11-16(24-3)15(23-2)10-13(14)19(21)22/h10-12H,4-9H2,1-3H3. The fourth-order valence-electron chi connectivity index (χ4n) is 3.16. The number of benzene rings is 1. The number of amides is 1. The fourth-order valence-corrected chi connectivity index (χ4v) is 3.16. The number of nitro benzene ring substituents is 1.